The van der Waals surface area contributed by atoms with Crippen LogP contribution in [0.3, 0.4) is 0 Å². The summed E-state index contributed by atoms with van der Waals surface area (Å²) in [7, 11) is 0. The Morgan fingerprint density at radius 3 is 3.00 bits per heavy atom. The maximum atomic E-state index is 10.8. The molecule has 2 fully saturated rings. The number of fused-ring (bicyclic) bond motifs is 1. The van der Waals surface area contributed by atoms with Gasteiger partial charge in [-0.3, -0.25) is 10.1 Å². The molecule has 0 bridgehead atoms. The molecule has 2 aliphatic carbocycles. The number of benzene rings is 1. The van der Waals surface area contributed by atoms with Crippen molar-refractivity contribution in [3.8, 4) is 0 Å². The zero-order valence-corrected chi connectivity index (χ0v) is 10.7. The molecule has 0 heterocycles. The smallest absolute Gasteiger partial charge is 0.289 e. The van der Waals surface area contributed by atoms with Crippen LogP contribution in [0.15, 0.2) is 18.2 Å². The molecule has 96 valence electrons. The standard InChI is InChI=1S/C13H15ClN2O2/c14-13-11(5-2-6-12(13)16(17)18)15-10-4-1-3-8-7-9(8)10/h2,5-6,8-10,15H,1,3-4,7H2/t8-,9+,10?/m0/s1. The van der Waals surface area contributed by atoms with Crippen LogP contribution >= 0.6 is 11.6 Å². The molecule has 1 N–H and O–H groups in total. The molecule has 1 unspecified atom stereocenters. The second-order valence-electron chi connectivity index (χ2n) is 5.24. The molecule has 18 heavy (non-hydrogen) atoms. The Morgan fingerprint density at radius 1 is 1.39 bits per heavy atom. The van der Waals surface area contributed by atoms with Gasteiger partial charge in [-0.15, -0.1) is 0 Å². The van der Waals surface area contributed by atoms with Crippen molar-refractivity contribution < 1.29 is 4.92 Å². The quantitative estimate of drug-likeness (QED) is 0.668. The Kier molecular flexibility index (Phi) is 2.90. The summed E-state index contributed by atoms with van der Waals surface area (Å²) in [6.45, 7) is 0. The minimum atomic E-state index is -0.436. The van der Waals surface area contributed by atoms with E-state index in [2.05, 4.69) is 5.32 Å². The molecule has 0 aliphatic heterocycles. The first kappa shape index (κ1) is 11.8. The SMILES string of the molecule is O=[N+]([O-])c1cccc(NC2CCC[C@H]3C[C@@H]23)c1Cl. The summed E-state index contributed by atoms with van der Waals surface area (Å²) >= 11 is 6.08. The van der Waals surface area contributed by atoms with Crippen molar-refractivity contribution in [2.45, 2.75) is 31.7 Å². The van der Waals surface area contributed by atoms with Crippen molar-refractivity contribution in [1.29, 1.82) is 0 Å². The fourth-order valence-corrected chi connectivity index (χ4v) is 3.31. The number of nitro groups is 1. The largest absolute Gasteiger partial charge is 0.381 e. The molecule has 2 saturated carbocycles. The Bertz CT molecular complexity index is 492. The van der Waals surface area contributed by atoms with E-state index >= 15 is 0 Å². The molecule has 2 aliphatic rings. The van der Waals surface area contributed by atoms with E-state index in [0.29, 0.717) is 11.7 Å². The number of halogens is 1. The number of rotatable bonds is 3. The lowest BCUT2D eigenvalue weighted by Gasteiger charge is -2.24. The highest BCUT2D eigenvalue weighted by Gasteiger charge is 2.45. The van der Waals surface area contributed by atoms with Gasteiger partial charge in [0.25, 0.3) is 5.69 Å². The number of hydrogen-bond acceptors (Lipinski definition) is 3. The van der Waals surface area contributed by atoms with Crippen molar-refractivity contribution in [3.63, 3.8) is 0 Å². The van der Waals surface area contributed by atoms with E-state index in [4.69, 9.17) is 11.6 Å². The lowest BCUT2D eigenvalue weighted by Crippen LogP contribution is -2.25. The first-order valence-corrected chi connectivity index (χ1v) is 6.74. The van der Waals surface area contributed by atoms with Gasteiger partial charge in [-0.05, 0) is 30.7 Å². The molecule has 4 nitrogen and oxygen atoms in total. The van der Waals surface area contributed by atoms with Gasteiger partial charge in [-0.2, -0.15) is 0 Å². The maximum absolute atomic E-state index is 10.8. The summed E-state index contributed by atoms with van der Waals surface area (Å²) in [4.78, 5) is 10.4. The molecule has 3 rings (SSSR count). The Labute approximate surface area is 110 Å². The van der Waals surface area contributed by atoms with E-state index < -0.39 is 4.92 Å². The number of nitrogens with zero attached hydrogens (tertiary/aromatic N) is 1. The van der Waals surface area contributed by atoms with Gasteiger partial charge >= 0.3 is 0 Å². The molecule has 0 saturated heterocycles. The highest BCUT2D eigenvalue weighted by molar-refractivity contribution is 6.35. The van der Waals surface area contributed by atoms with Crippen molar-refractivity contribution in [2.75, 3.05) is 5.32 Å². The second-order valence-corrected chi connectivity index (χ2v) is 5.62. The normalized spacial score (nSPS) is 29.5. The monoisotopic (exact) mass is 266 g/mol. The minimum absolute atomic E-state index is 0.0233. The molecule has 0 aromatic heterocycles. The lowest BCUT2D eigenvalue weighted by molar-refractivity contribution is -0.384. The van der Waals surface area contributed by atoms with Gasteiger partial charge in [0.2, 0.25) is 0 Å². The summed E-state index contributed by atoms with van der Waals surface area (Å²) < 4.78 is 0. The van der Waals surface area contributed by atoms with Crippen molar-refractivity contribution in [1.82, 2.24) is 0 Å². The first-order chi connectivity index (χ1) is 8.66. The summed E-state index contributed by atoms with van der Waals surface area (Å²) in [5.74, 6) is 1.61. The third-order valence-electron chi connectivity index (χ3n) is 4.10. The van der Waals surface area contributed by atoms with Gasteiger partial charge in [0.05, 0.1) is 10.6 Å². The molecule has 0 amide bonds. The van der Waals surface area contributed by atoms with E-state index in [9.17, 15) is 10.1 Å². The van der Waals surface area contributed by atoms with Crippen LogP contribution in [0.1, 0.15) is 25.7 Å². The number of nitro benzene ring substituents is 1. The number of anilines is 1. The van der Waals surface area contributed by atoms with Crippen molar-refractivity contribution in [2.24, 2.45) is 11.8 Å². The third-order valence-corrected chi connectivity index (χ3v) is 4.50. The Balaban J connectivity index is 1.80. The average molecular weight is 267 g/mol. The summed E-state index contributed by atoms with van der Waals surface area (Å²) in [5, 5.41) is 14.5. The Hall–Kier alpha value is -1.29. The molecular formula is C13H15ClN2O2. The van der Waals surface area contributed by atoms with Crippen LogP contribution < -0.4 is 5.32 Å². The van der Waals surface area contributed by atoms with Crippen LogP contribution in [0.4, 0.5) is 11.4 Å². The average Bonchev–Trinajstić information content (AvgIpc) is 3.11. The van der Waals surface area contributed by atoms with Gasteiger partial charge in [0, 0.05) is 12.1 Å². The molecular weight excluding hydrogens is 252 g/mol. The van der Waals surface area contributed by atoms with Crippen LogP contribution in [0.25, 0.3) is 0 Å². The topological polar surface area (TPSA) is 55.2 Å². The van der Waals surface area contributed by atoms with Crippen LogP contribution in [0, 0.1) is 22.0 Å². The molecule has 1 aromatic carbocycles. The van der Waals surface area contributed by atoms with E-state index in [-0.39, 0.29) is 10.7 Å². The highest BCUT2D eigenvalue weighted by atomic mass is 35.5. The first-order valence-electron chi connectivity index (χ1n) is 6.36. The molecule has 1 aromatic rings. The maximum Gasteiger partial charge on any atom is 0.289 e. The number of nitrogens with one attached hydrogen (secondary N) is 1. The zero-order valence-electron chi connectivity index (χ0n) is 9.93. The second kappa shape index (κ2) is 4.43. The van der Waals surface area contributed by atoms with Gasteiger partial charge in [0.15, 0.2) is 0 Å². The fraction of sp³-hybridized carbons (Fsp3) is 0.538. The molecule has 3 atom stereocenters. The van der Waals surface area contributed by atoms with Gasteiger partial charge in [0.1, 0.15) is 5.02 Å². The summed E-state index contributed by atoms with van der Waals surface area (Å²) in [6, 6.07) is 5.37. The van der Waals surface area contributed by atoms with Crippen LogP contribution in [0.5, 0.6) is 0 Å². The minimum Gasteiger partial charge on any atom is -0.381 e. The van der Waals surface area contributed by atoms with Crippen LogP contribution in [0.2, 0.25) is 5.02 Å². The lowest BCUT2D eigenvalue weighted by atomic mass is 9.95. The molecule has 0 spiro atoms. The fourth-order valence-electron chi connectivity index (χ4n) is 3.06. The zero-order chi connectivity index (χ0) is 12.7. The van der Waals surface area contributed by atoms with Gasteiger partial charge in [-0.25, -0.2) is 0 Å². The van der Waals surface area contributed by atoms with E-state index in [0.717, 1.165) is 18.3 Å². The summed E-state index contributed by atoms with van der Waals surface area (Å²) in [5.41, 5.74) is 0.674. The molecule has 0 radical (unpaired) electrons. The van der Waals surface area contributed by atoms with Gasteiger partial charge < -0.3 is 5.32 Å². The van der Waals surface area contributed by atoms with E-state index in [1.165, 1.54) is 25.3 Å². The van der Waals surface area contributed by atoms with Crippen LogP contribution in [-0.4, -0.2) is 11.0 Å². The number of hydrogen-bond donors (Lipinski definition) is 1. The summed E-state index contributed by atoms with van der Waals surface area (Å²) in [6.07, 6.45) is 5.02. The predicted octanol–water partition coefficient (Wildman–Crippen LogP) is 3.85. The molecule has 5 heteroatoms. The van der Waals surface area contributed by atoms with E-state index in [1.807, 2.05) is 6.07 Å². The third kappa shape index (κ3) is 2.05. The predicted molar refractivity (Wildman–Crippen MR) is 71.0 cm³/mol. The highest BCUT2D eigenvalue weighted by Crippen LogP contribution is 2.50. The van der Waals surface area contributed by atoms with Crippen molar-refractivity contribution in [3.05, 3.63) is 33.3 Å². The van der Waals surface area contributed by atoms with Crippen molar-refractivity contribution >= 4 is 23.0 Å². The Morgan fingerprint density at radius 2 is 2.22 bits per heavy atom. The van der Waals surface area contributed by atoms with E-state index in [1.54, 1.807) is 6.07 Å². The van der Waals surface area contributed by atoms with Crippen LogP contribution in [-0.2, 0) is 0 Å². The van der Waals surface area contributed by atoms with Gasteiger partial charge in [-0.1, -0.05) is 30.5 Å².